The van der Waals surface area contributed by atoms with Crippen molar-refractivity contribution in [3.63, 3.8) is 0 Å². The van der Waals surface area contributed by atoms with Crippen molar-refractivity contribution in [1.82, 2.24) is 25.5 Å². The minimum Gasteiger partial charge on any atom is -0.390 e. The van der Waals surface area contributed by atoms with Crippen molar-refractivity contribution >= 4 is 58.1 Å². The zero-order valence-electron chi connectivity index (χ0n) is 21.1. The van der Waals surface area contributed by atoms with Crippen LogP contribution in [0.2, 0.25) is 5.02 Å². The largest absolute Gasteiger partial charge is 0.390 e. The molecule has 11 heteroatoms. The van der Waals surface area contributed by atoms with Gasteiger partial charge in [0.1, 0.15) is 5.69 Å². The van der Waals surface area contributed by atoms with Crippen LogP contribution in [0.1, 0.15) is 64.0 Å². The van der Waals surface area contributed by atoms with Crippen LogP contribution in [0.3, 0.4) is 0 Å². The molecule has 200 valence electrons. The number of rotatable bonds is 5. The van der Waals surface area contributed by atoms with Gasteiger partial charge in [-0.05, 0) is 70.3 Å². The predicted octanol–water partition coefficient (Wildman–Crippen LogP) is 4.16. The molecule has 5 rings (SSSR count). The van der Waals surface area contributed by atoms with Gasteiger partial charge in [-0.3, -0.25) is 9.59 Å². The maximum absolute atomic E-state index is 13.2. The highest BCUT2D eigenvalue weighted by Crippen LogP contribution is 2.34. The summed E-state index contributed by atoms with van der Waals surface area (Å²) in [6.07, 6.45) is 2.81. The molecule has 1 aliphatic heterocycles. The van der Waals surface area contributed by atoms with Gasteiger partial charge < -0.3 is 25.6 Å². The molecule has 4 N–H and O–H groups in total. The van der Waals surface area contributed by atoms with E-state index in [1.807, 2.05) is 12.1 Å². The number of nitrogens with one attached hydrogen (secondary N) is 3. The summed E-state index contributed by atoms with van der Waals surface area (Å²) in [7, 11) is 2.07. The Morgan fingerprint density at radius 3 is 2.70 bits per heavy atom. The quantitative estimate of drug-likeness (QED) is 0.371. The number of benzene rings is 1. The molecule has 8 nitrogen and oxygen atoms in total. The lowest BCUT2D eigenvalue weighted by molar-refractivity contribution is -0.00937. The van der Waals surface area contributed by atoms with Gasteiger partial charge in [-0.1, -0.05) is 11.6 Å². The summed E-state index contributed by atoms with van der Waals surface area (Å²) in [6, 6.07) is 6.62. The molecule has 0 saturated heterocycles. The maximum atomic E-state index is 13.2. The summed E-state index contributed by atoms with van der Waals surface area (Å²) in [5.41, 5.74) is 1.40. The van der Waals surface area contributed by atoms with E-state index >= 15 is 0 Å². The fraction of sp³-hybridized carbons (Fsp3) is 0.500. The molecule has 3 aromatic rings. The Hall–Kier alpha value is -2.17. The molecule has 2 aliphatic rings. The summed E-state index contributed by atoms with van der Waals surface area (Å²) < 4.78 is 0. The lowest BCUT2D eigenvalue weighted by Crippen LogP contribution is -2.56. The van der Waals surface area contributed by atoms with Gasteiger partial charge in [0.05, 0.1) is 11.3 Å². The molecule has 1 aliphatic carbocycles. The third-order valence-corrected chi connectivity index (χ3v) is 8.74. The number of carbonyl (C=O) groups excluding carboxylic acids is 2. The Balaban J connectivity index is 0.00000320. The van der Waals surface area contributed by atoms with E-state index in [2.05, 4.69) is 32.5 Å². The number of carbonyl (C=O) groups is 2. The predicted molar refractivity (Wildman–Crippen MR) is 149 cm³/mol. The lowest BCUT2D eigenvalue weighted by Gasteiger charge is -2.41. The van der Waals surface area contributed by atoms with Gasteiger partial charge in [0, 0.05) is 52.4 Å². The van der Waals surface area contributed by atoms with Crippen LogP contribution < -0.4 is 10.6 Å². The Bertz CT molecular complexity index is 1300. The molecule has 3 heterocycles. The Kier molecular flexibility index (Phi) is 8.21. The zero-order valence-corrected chi connectivity index (χ0v) is 23.5. The van der Waals surface area contributed by atoms with Crippen LogP contribution in [0, 0.1) is 5.92 Å². The number of nitrogens with zero attached hydrogens (tertiary/aromatic N) is 2. The number of hydrogen-bond donors (Lipinski definition) is 4. The fourth-order valence-corrected chi connectivity index (χ4v) is 6.54. The van der Waals surface area contributed by atoms with Crippen molar-refractivity contribution < 1.29 is 14.7 Å². The van der Waals surface area contributed by atoms with Gasteiger partial charge >= 0.3 is 0 Å². The second-order valence-electron chi connectivity index (χ2n) is 10.6. The molecule has 2 aromatic heterocycles. The third kappa shape index (κ3) is 6.12. The molecular formula is C26H33Cl2N5O3S. The van der Waals surface area contributed by atoms with Crippen molar-refractivity contribution in [2.45, 2.75) is 63.8 Å². The molecule has 1 saturated carbocycles. The van der Waals surface area contributed by atoms with Crippen LogP contribution in [0.5, 0.6) is 0 Å². The van der Waals surface area contributed by atoms with Crippen LogP contribution in [-0.4, -0.2) is 63.1 Å². The second-order valence-corrected chi connectivity index (χ2v) is 12.1. The first-order valence-corrected chi connectivity index (χ1v) is 13.6. The van der Waals surface area contributed by atoms with Crippen LogP contribution in [0.25, 0.3) is 10.9 Å². The number of halogens is 2. The van der Waals surface area contributed by atoms with E-state index in [0.717, 1.165) is 47.4 Å². The maximum Gasteiger partial charge on any atom is 0.280 e. The van der Waals surface area contributed by atoms with E-state index in [1.165, 1.54) is 11.3 Å². The summed E-state index contributed by atoms with van der Waals surface area (Å²) in [6.45, 7) is 5.34. The van der Waals surface area contributed by atoms with Gasteiger partial charge in [0.15, 0.2) is 5.01 Å². The highest BCUT2D eigenvalue weighted by Gasteiger charge is 2.39. The van der Waals surface area contributed by atoms with E-state index in [9.17, 15) is 14.7 Å². The van der Waals surface area contributed by atoms with E-state index in [1.54, 1.807) is 26.0 Å². The SMILES string of the molecule is CN1CCc2nc(C(=O)N[C@H]3C[C@H](C(C)(C)O)CC[C@H]3NC(=O)c3cc4cc(Cl)ccc4[nH]3)sc2C1.Cl. The van der Waals surface area contributed by atoms with Gasteiger partial charge in [-0.2, -0.15) is 0 Å². The first kappa shape index (κ1) is 27.9. The molecule has 0 bridgehead atoms. The average Bonchev–Trinajstić information content (AvgIpc) is 3.43. The summed E-state index contributed by atoms with van der Waals surface area (Å²) in [5.74, 6) is -0.455. The summed E-state index contributed by atoms with van der Waals surface area (Å²) in [4.78, 5) is 37.5. The van der Waals surface area contributed by atoms with Gasteiger partial charge in [0.2, 0.25) is 0 Å². The number of aromatic amines is 1. The van der Waals surface area contributed by atoms with Crippen molar-refractivity contribution in [2.75, 3.05) is 13.6 Å². The molecule has 3 atom stereocenters. The van der Waals surface area contributed by atoms with Crippen molar-refractivity contribution in [1.29, 1.82) is 0 Å². The monoisotopic (exact) mass is 565 g/mol. The minimum atomic E-state index is -0.876. The Labute approximate surface area is 231 Å². The highest BCUT2D eigenvalue weighted by atomic mass is 35.5. The molecule has 1 fully saturated rings. The lowest BCUT2D eigenvalue weighted by atomic mass is 9.74. The number of fused-ring (bicyclic) bond motifs is 2. The minimum absolute atomic E-state index is 0. The molecular weight excluding hydrogens is 533 g/mol. The first-order valence-electron chi connectivity index (χ1n) is 12.4. The normalized spacial score (nSPS) is 22.2. The molecule has 1 aromatic carbocycles. The van der Waals surface area contributed by atoms with Gasteiger partial charge in [-0.25, -0.2) is 4.98 Å². The number of amides is 2. The van der Waals surface area contributed by atoms with E-state index in [-0.39, 0.29) is 42.2 Å². The third-order valence-electron chi connectivity index (χ3n) is 7.43. The topological polar surface area (TPSA) is 110 Å². The van der Waals surface area contributed by atoms with E-state index < -0.39 is 5.60 Å². The molecule has 0 radical (unpaired) electrons. The molecule has 0 spiro atoms. The summed E-state index contributed by atoms with van der Waals surface area (Å²) >= 11 is 7.53. The number of thiazole rings is 1. The number of aliphatic hydroxyl groups is 1. The number of H-pyrrole nitrogens is 1. The molecule has 37 heavy (non-hydrogen) atoms. The number of hydrogen-bond acceptors (Lipinski definition) is 6. The number of aromatic nitrogens is 2. The average molecular weight is 567 g/mol. The van der Waals surface area contributed by atoms with Gasteiger partial charge in [-0.15, -0.1) is 23.7 Å². The molecule has 0 unspecified atom stereocenters. The first-order chi connectivity index (χ1) is 17.1. The van der Waals surface area contributed by atoms with Crippen LogP contribution in [0.4, 0.5) is 0 Å². The Morgan fingerprint density at radius 2 is 1.95 bits per heavy atom. The van der Waals surface area contributed by atoms with Crippen LogP contribution in [0.15, 0.2) is 24.3 Å². The van der Waals surface area contributed by atoms with Crippen LogP contribution >= 0.6 is 35.3 Å². The molecule has 2 amide bonds. The number of likely N-dealkylation sites (N-methyl/N-ethyl adjacent to an activating group) is 1. The highest BCUT2D eigenvalue weighted by molar-refractivity contribution is 7.13. The van der Waals surface area contributed by atoms with E-state index in [0.29, 0.717) is 28.6 Å². The van der Waals surface area contributed by atoms with Crippen molar-refractivity contribution in [3.05, 3.63) is 50.6 Å². The fourth-order valence-electron chi connectivity index (χ4n) is 5.27. The van der Waals surface area contributed by atoms with Crippen molar-refractivity contribution in [2.24, 2.45) is 5.92 Å². The summed E-state index contributed by atoms with van der Waals surface area (Å²) in [5, 5.41) is 18.9. The van der Waals surface area contributed by atoms with Crippen LogP contribution in [-0.2, 0) is 13.0 Å². The standard InChI is InChI=1S/C26H32ClN5O3S.ClH/c1-26(2,35)15-4-6-18(29-23(33)21-11-14-10-16(27)5-7-17(14)28-21)20(12-15)30-24(34)25-31-19-8-9-32(3)13-22(19)36-25;/h5,7,10-11,15,18,20,28,35H,4,6,8-9,12-13H2,1-3H3,(H,29,33)(H,30,34);1H/t15-,18-,20+;/m1./s1. The Morgan fingerprint density at radius 1 is 1.19 bits per heavy atom. The van der Waals surface area contributed by atoms with Gasteiger partial charge in [0.25, 0.3) is 11.8 Å². The smallest absolute Gasteiger partial charge is 0.280 e. The van der Waals surface area contributed by atoms with E-state index in [4.69, 9.17) is 11.6 Å². The van der Waals surface area contributed by atoms with Crippen molar-refractivity contribution in [3.8, 4) is 0 Å². The second kappa shape index (κ2) is 10.9. The zero-order chi connectivity index (χ0) is 25.6.